The molecule has 0 aliphatic heterocycles. The molecule has 168 valence electrons. The van der Waals surface area contributed by atoms with Crippen molar-refractivity contribution in [2.45, 2.75) is 64.7 Å². The van der Waals surface area contributed by atoms with Crippen LogP contribution >= 0.6 is 0 Å². The molecular formula is C24H38N2O4. The summed E-state index contributed by atoms with van der Waals surface area (Å²) in [7, 11) is 3.35. The molecular weight excluding hydrogens is 380 g/mol. The third-order valence-corrected chi connectivity index (χ3v) is 5.04. The standard InChI is InChI=1S/C24H38N2O4/c1-20(24(27)26-16-9-8-15-25)11-6-4-5-7-12-21-13-14-22(29-3)23(19-21)30-18-10-17-28-2/h13-14,19-20H,4-12,16-18H2,1-3H3,(H,26,27)/t20-/m1/s1. The fourth-order valence-electron chi connectivity index (χ4n) is 3.19. The maximum Gasteiger partial charge on any atom is 0.222 e. The van der Waals surface area contributed by atoms with Gasteiger partial charge in [-0.25, -0.2) is 0 Å². The molecule has 6 heteroatoms. The van der Waals surface area contributed by atoms with E-state index in [2.05, 4.69) is 23.5 Å². The van der Waals surface area contributed by atoms with Crippen molar-refractivity contribution in [3.05, 3.63) is 23.8 Å². The lowest BCUT2D eigenvalue weighted by molar-refractivity contribution is -0.124. The molecule has 0 aromatic heterocycles. The van der Waals surface area contributed by atoms with E-state index in [1.165, 1.54) is 5.56 Å². The van der Waals surface area contributed by atoms with Crippen LogP contribution in [0.1, 0.15) is 63.9 Å². The zero-order valence-electron chi connectivity index (χ0n) is 18.9. The molecule has 1 atom stereocenters. The Bertz CT molecular complexity index is 643. The molecule has 0 spiro atoms. The Morgan fingerprint density at radius 1 is 1.07 bits per heavy atom. The Labute approximate surface area is 181 Å². The van der Waals surface area contributed by atoms with Crippen LogP contribution in [0.25, 0.3) is 0 Å². The smallest absolute Gasteiger partial charge is 0.222 e. The van der Waals surface area contributed by atoms with Gasteiger partial charge in [0.15, 0.2) is 11.5 Å². The molecule has 1 aromatic carbocycles. The average Bonchev–Trinajstić information content (AvgIpc) is 2.76. The Hall–Kier alpha value is -2.26. The topological polar surface area (TPSA) is 80.6 Å². The third kappa shape index (κ3) is 11.1. The van der Waals surface area contributed by atoms with Crippen LogP contribution in [0.15, 0.2) is 18.2 Å². The third-order valence-electron chi connectivity index (χ3n) is 5.04. The summed E-state index contributed by atoms with van der Waals surface area (Å²) >= 11 is 0. The SMILES string of the molecule is COCCCOc1cc(CCCCCC[C@@H](C)C(=O)NCCCC#N)ccc1OC. The number of rotatable bonds is 17. The Kier molecular flexibility index (Phi) is 14.2. The average molecular weight is 419 g/mol. The van der Waals surface area contributed by atoms with Gasteiger partial charge in [0.1, 0.15) is 0 Å². The number of aryl methyl sites for hydroxylation is 1. The second-order valence-corrected chi connectivity index (χ2v) is 7.59. The summed E-state index contributed by atoms with van der Waals surface area (Å²) in [5.41, 5.74) is 1.25. The number of ether oxygens (including phenoxy) is 3. The molecule has 1 rings (SSSR count). The number of carbonyl (C=O) groups is 1. The molecule has 0 heterocycles. The van der Waals surface area contributed by atoms with E-state index in [9.17, 15) is 4.79 Å². The van der Waals surface area contributed by atoms with Crippen LogP contribution in [0.5, 0.6) is 11.5 Å². The minimum Gasteiger partial charge on any atom is -0.493 e. The zero-order valence-corrected chi connectivity index (χ0v) is 18.9. The van der Waals surface area contributed by atoms with Gasteiger partial charge in [0, 0.05) is 39.0 Å². The summed E-state index contributed by atoms with van der Waals surface area (Å²) in [5.74, 6) is 1.69. The fraction of sp³-hybridized carbons (Fsp3) is 0.667. The van der Waals surface area contributed by atoms with Crippen LogP contribution in [-0.4, -0.2) is 39.9 Å². The van der Waals surface area contributed by atoms with Gasteiger partial charge in [-0.05, 0) is 43.4 Å². The number of hydrogen-bond donors (Lipinski definition) is 1. The number of methoxy groups -OCH3 is 2. The Morgan fingerprint density at radius 2 is 1.87 bits per heavy atom. The van der Waals surface area contributed by atoms with Gasteiger partial charge in [0.2, 0.25) is 5.91 Å². The van der Waals surface area contributed by atoms with Crippen molar-refractivity contribution in [2.75, 3.05) is 34.0 Å². The van der Waals surface area contributed by atoms with Crippen molar-refractivity contribution in [3.8, 4) is 17.6 Å². The van der Waals surface area contributed by atoms with Crippen molar-refractivity contribution >= 4 is 5.91 Å². The highest BCUT2D eigenvalue weighted by molar-refractivity contribution is 5.78. The molecule has 30 heavy (non-hydrogen) atoms. The van der Waals surface area contributed by atoms with Crippen molar-refractivity contribution in [1.82, 2.24) is 5.32 Å². The largest absolute Gasteiger partial charge is 0.493 e. The summed E-state index contributed by atoms with van der Waals surface area (Å²) in [6.45, 7) is 3.86. The molecule has 0 unspecified atom stereocenters. The van der Waals surface area contributed by atoms with Gasteiger partial charge >= 0.3 is 0 Å². The van der Waals surface area contributed by atoms with Crippen molar-refractivity contribution < 1.29 is 19.0 Å². The number of carbonyl (C=O) groups excluding carboxylic acids is 1. The van der Waals surface area contributed by atoms with E-state index in [-0.39, 0.29) is 11.8 Å². The summed E-state index contributed by atoms with van der Waals surface area (Å²) in [4.78, 5) is 12.0. The minimum absolute atomic E-state index is 0.0338. The van der Waals surface area contributed by atoms with E-state index in [1.54, 1.807) is 14.2 Å². The van der Waals surface area contributed by atoms with Gasteiger partial charge in [0.25, 0.3) is 0 Å². The first kappa shape index (κ1) is 25.8. The predicted molar refractivity (Wildman–Crippen MR) is 119 cm³/mol. The summed E-state index contributed by atoms with van der Waals surface area (Å²) in [6, 6.07) is 8.23. The molecule has 1 N–H and O–H groups in total. The van der Waals surface area contributed by atoms with Gasteiger partial charge in [-0.2, -0.15) is 5.26 Å². The molecule has 0 aliphatic carbocycles. The first-order valence-corrected chi connectivity index (χ1v) is 11.1. The number of nitrogens with one attached hydrogen (secondary N) is 1. The van der Waals surface area contributed by atoms with Crippen molar-refractivity contribution in [2.24, 2.45) is 5.92 Å². The van der Waals surface area contributed by atoms with Gasteiger partial charge in [0.05, 0.1) is 19.8 Å². The second-order valence-electron chi connectivity index (χ2n) is 7.59. The molecule has 0 radical (unpaired) electrons. The molecule has 0 fully saturated rings. The van der Waals surface area contributed by atoms with Gasteiger partial charge in [-0.1, -0.05) is 32.3 Å². The number of benzene rings is 1. The van der Waals surface area contributed by atoms with Gasteiger partial charge < -0.3 is 19.5 Å². The van der Waals surface area contributed by atoms with Gasteiger partial charge in [-0.15, -0.1) is 0 Å². The second kappa shape index (κ2) is 16.5. The first-order chi connectivity index (χ1) is 14.6. The number of nitrogens with zero attached hydrogens (tertiary/aromatic N) is 1. The maximum atomic E-state index is 12.0. The van der Waals surface area contributed by atoms with E-state index >= 15 is 0 Å². The maximum absolute atomic E-state index is 12.0. The van der Waals surface area contributed by atoms with E-state index in [0.717, 1.165) is 62.9 Å². The van der Waals surface area contributed by atoms with Crippen LogP contribution in [-0.2, 0) is 16.0 Å². The van der Waals surface area contributed by atoms with E-state index in [0.29, 0.717) is 26.2 Å². The highest BCUT2D eigenvalue weighted by atomic mass is 16.5. The lowest BCUT2D eigenvalue weighted by Crippen LogP contribution is -2.29. The first-order valence-electron chi connectivity index (χ1n) is 11.1. The highest BCUT2D eigenvalue weighted by Crippen LogP contribution is 2.29. The van der Waals surface area contributed by atoms with Crippen LogP contribution < -0.4 is 14.8 Å². The quantitative estimate of drug-likeness (QED) is 0.372. The molecule has 0 saturated carbocycles. The summed E-state index contributed by atoms with van der Waals surface area (Å²) in [6.07, 6.45) is 8.42. The molecule has 0 saturated heterocycles. The lowest BCUT2D eigenvalue weighted by Gasteiger charge is -2.13. The Morgan fingerprint density at radius 3 is 2.60 bits per heavy atom. The van der Waals surface area contributed by atoms with E-state index in [1.807, 2.05) is 13.0 Å². The van der Waals surface area contributed by atoms with E-state index in [4.69, 9.17) is 19.5 Å². The summed E-state index contributed by atoms with van der Waals surface area (Å²) in [5, 5.41) is 11.4. The number of hydrogen-bond acceptors (Lipinski definition) is 5. The lowest BCUT2D eigenvalue weighted by atomic mass is 10.00. The molecule has 6 nitrogen and oxygen atoms in total. The number of amides is 1. The molecule has 0 aliphatic rings. The number of nitriles is 1. The molecule has 0 bridgehead atoms. The molecule has 1 aromatic rings. The van der Waals surface area contributed by atoms with Crippen LogP contribution in [0.4, 0.5) is 0 Å². The van der Waals surface area contributed by atoms with Crippen molar-refractivity contribution in [1.29, 1.82) is 5.26 Å². The number of unbranched alkanes of at least 4 members (excludes halogenated alkanes) is 4. The van der Waals surface area contributed by atoms with Crippen LogP contribution in [0.2, 0.25) is 0 Å². The fourth-order valence-corrected chi connectivity index (χ4v) is 3.19. The minimum atomic E-state index is 0.0338. The normalized spacial score (nSPS) is 11.5. The molecule has 1 amide bonds. The van der Waals surface area contributed by atoms with Crippen LogP contribution in [0.3, 0.4) is 0 Å². The van der Waals surface area contributed by atoms with Crippen molar-refractivity contribution in [3.63, 3.8) is 0 Å². The van der Waals surface area contributed by atoms with E-state index < -0.39 is 0 Å². The van der Waals surface area contributed by atoms with Gasteiger partial charge in [-0.3, -0.25) is 4.79 Å². The monoisotopic (exact) mass is 418 g/mol. The highest BCUT2D eigenvalue weighted by Gasteiger charge is 2.11. The predicted octanol–water partition coefficient (Wildman–Crippen LogP) is 4.66. The van der Waals surface area contributed by atoms with Crippen LogP contribution in [0, 0.1) is 17.2 Å². The zero-order chi connectivity index (χ0) is 22.0. The summed E-state index contributed by atoms with van der Waals surface area (Å²) < 4.78 is 16.3. The Balaban J connectivity index is 2.24.